The maximum Gasteiger partial charge on any atom is 0.264 e. The number of amides is 1. The van der Waals surface area contributed by atoms with Crippen LogP contribution < -0.4 is 14.4 Å². The monoisotopic (exact) mass is 561 g/mol. The number of anilines is 2. The number of carbonyl (C=O) groups is 1. The number of nitrogens with zero attached hydrogens (tertiary/aromatic N) is 2. The lowest BCUT2D eigenvalue weighted by atomic mass is 10.1. The predicted molar refractivity (Wildman–Crippen MR) is 157 cm³/mol. The molecule has 0 saturated heterocycles. The average Bonchev–Trinajstić information content (AvgIpc) is 3.25. The molecule has 5 aromatic rings. The molecule has 9 heteroatoms. The first-order valence-electron chi connectivity index (χ1n) is 12.6. The van der Waals surface area contributed by atoms with Crippen molar-refractivity contribution in [2.45, 2.75) is 25.3 Å². The first-order chi connectivity index (χ1) is 18.8. The highest BCUT2D eigenvalue weighted by Gasteiger charge is 2.29. The lowest BCUT2D eigenvalue weighted by Gasteiger charge is -2.26. The average molecular weight is 562 g/mol. The number of ether oxygens (including phenoxy) is 1. The maximum atomic E-state index is 13.8. The van der Waals surface area contributed by atoms with E-state index in [0.29, 0.717) is 23.1 Å². The van der Waals surface area contributed by atoms with Crippen molar-refractivity contribution >= 4 is 60.7 Å². The van der Waals surface area contributed by atoms with Gasteiger partial charge < -0.3 is 14.6 Å². The van der Waals surface area contributed by atoms with Gasteiger partial charge in [0, 0.05) is 39.1 Å². The molecule has 4 aromatic carbocycles. The Kier molecular flexibility index (Phi) is 7.50. The second-order valence-electron chi connectivity index (χ2n) is 8.91. The Labute approximate surface area is 232 Å². The lowest BCUT2D eigenvalue weighted by Crippen LogP contribution is -2.38. The van der Waals surface area contributed by atoms with Crippen molar-refractivity contribution < 1.29 is 17.9 Å². The van der Waals surface area contributed by atoms with Crippen molar-refractivity contribution in [3.8, 4) is 5.75 Å². The summed E-state index contributed by atoms with van der Waals surface area (Å²) >= 11 is 5.99. The van der Waals surface area contributed by atoms with Crippen LogP contribution in [0.2, 0.25) is 5.02 Å². The Bertz CT molecular complexity index is 1760. The van der Waals surface area contributed by atoms with Gasteiger partial charge in [-0.05, 0) is 74.5 Å². The fraction of sp³-hybridized carbons (Fsp3) is 0.167. The van der Waals surface area contributed by atoms with Gasteiger partial charge in [-0.15, -0.1) is 0 Å². The molecule has 0 aliphatic heterocycles. The largest absolute Gasteiger partial charge is 0.492 e. The topological polar surface area (TPSA) is 80.6 Å². The number of nitrogens with one attached hydrogen (secondary N) is 1. The van der Waals surface area contributed by atoms with E-state index in [2.05, 4.69) is 28.9 Å². The molecule has 200 valence electrons. The fourth-order valence-electron chi connectivity index (χ4n) is 4.78. The third-order valence-electron chi connectivity index (χ3n) is 6.49. The SMILES string of the molecule is CCOc1ccccc1N(CC(=O)Nc1ccc2c(c1)c1ccccc1n2CC)S(=O)(=O)c1ccc(Cl)cc1. The molecule has 0 spiro atoms. The molecule has 0 fully saturated rings. The molecule has 1 amide bonds. The molecule has 7 nitrogen and oxygen atoms in total. The van der Waals surface area contributed by atoms with Crippen molar-refractivity contribution in [2.75, 3.05) is 22.8 Å². The number of fused-ring (bicyclic) bond motifs is 3. The number of hydrogen-bond donors (Lipinski definition) is 1. The van der Waals surface area contributed by atoms with Gasteiger partial charge in [-0.3, -0.25) is 9.10 Å². The molecule has 0 saturated carbocycles. The summed E-state index contributed by atoms with van der Waals surface area (Å²) < 4.78 is 36.6. The molecular formula is C30H28ClN3O4S. The van der Waals surface area contributed by atoms with E-state index in [0.717, 1.165) is 32.7 Å². The summed E-state index contributed by atoms with van der Waals surface area (Å²) in [6, 6.07) is 26.5. The number of rotatable bonds is 9. The van der Waals surface area contributed by atoms with E-state index in [1.165, 1.54) is 24.3 Å². The molecule has 5 rings (SSSR count). The van der Waals surface area contributed by atoms with Crippen LogP contribution in [0.5, 0.6) is 5.75 Å². The van der Waals surface area contributed by atoms with Crippen molar-refractivity contribution in [1.29, 1.82) is 0 Å². The maximum absolute atomic E-state index is 13.8. The highest BCUT2D eigenvalue weighted by atomic mass is 35.5. The van der Waals surface area contributed by atoms with Crippen LogP contribution in [0.3, 0.4) is 0 Å². The van der Waals surface area contributed by atoms with Gasteiger partial charge in [-0.2, -0.15) is 0 Å². The summed E-state index contributed by atoms with van der Waals surface area (Å²) in [7, 11) is -4.13. The van der Waals surface area contributed by atoms with Crippen molar-refractivity contribution in [1.82, 2.24) is 4.57 Å². The van der Waals surface area contributed by atoms with Gasteiger partial charge in [-0.25, -0.2) is 8.42 Å². The summed E-state index contributed by atoms with van der Waals surface area (Å²) in [6.07, 6.45) is 0. The second kappa shape index (κ2) is 11.0. The van der Waals surface area contributed by atoms with Crippen LogP contribution in [0.15, 0.2) is 95.9 Å². The molecular weight excluding hydrogens is 534 g/mol. The van der Waals surface area contributed by atoms with Crippen LogP contribution in [0.25, 0.3) is 21.8 Å². The van der Waals surface area contributed by atoms with E-state index in [4.69, 9.17) is 16.3 Å². The smallest absolute Gasteiger partial charge is 0.264 e. The van der Waals surface area contributed by atoms with Crippen LogP contribution >= 0.6 is 11.6 Å². The molecule has 0 aliphatic rings. The zero-order valence-electron chi connectivity index (χ0n) is 21.6. The number of aromatic nitrogens is 1. The highest BCUT2D eigenvalue weighted by molar-refractivity contribution is 7.92. The molecule has 0 unspecified atom stereocenters. The van der Waals surface area contributed by atoms with Crippen molar-refractivity contribution in [3.05, 3.63) is 96.0 Å². The molecule has 39 heavy (non-hydrogen) atoms. The third kappa shape index (κ3) is 5.17. The Morgan fingerprint density at radius 2 is 1.59 bits per heavy atom. The van der Waals surface area contributed by atoms with Gasteiger partial charge in [0.15, 0.2) is 0 Å². The number of aryl methyl sites for hydroxylation is 1. The summed E-state index contributed by atoms with van der Waals surface area (Å²) in [4.78, 5) is 13.4. The van der Waals surface area contributed by atoms with Crippen molar-refractivity contribution in [2.24, 2.45) is 0 Å². The second-order valence-corrected chi connectivity index (χ2v) is 11.2. The van der Waals surface area contributed by atoms with E-state index in [1.54, 1.807) is 24.3 Å². The van der Waals surface area contributed by atoms with Crippen molar-refractivity contribution in [3.63, 3.8) is 0 Å². The quantitative estimate of drug-likeness (QED) is 0.217. The van der Waals surface area contributed by atoms with Crippen LogP contribution in [0.1, 0.15) is 13.8 Å². The van der Waals surface area contributed by atoms with Gasteiger partial charge >= 0.3 is 0 Å². The van der Waals surface area contributed by atoms with Crippen LogP contribution in [-0.4, -0.2) is 32.0 Å². The van der Waals surface area contributed by atoms with Gasteiger partial charge in [0.1, 0.15) is 12.3 Å². The first-order valence-corrected chi connectivity index (χ1v) is 14.5. The normalized spacial score (nSPS) is 11.6. The van der Waals surface area contributed by atoms with Gasteiger partial charge in [0.25, 0.3) is 10.0 Å². The van der Waals surface area contributed by atoms with Gasteiger partial charge in [-0.1, -0.05) is 41.9 Å². The van der Waals surface area contributed by atoms with E-state index in [9.17, 15) is 13.2 Å². The third-order valence-corrected chi connectivity index (χ3v) is 8.52. The summed E-state index contributed by atoms with van der Waals surface area (Å²) in [5.41, 5.74) is 3.03. The number of hydrogen-bond acceptors (Lipinski definition) is 4. The molecule has 1 heterocycles. The van der Waals surface area contributed by atoms with Gasteiger partial charge in [0.05, 0.1) is 17.2 Å². The number of sulfonamides is 1. The molecule has 0 atom stereocenters. The van der Waals surface area contributed by atoms with E-state index >= 15 is 0 Å². The molecule has 1 N–H and O–H groups in total. The number of benzene rings is 4. The zero-order chi connectivity index (χ0) is 27.6. The molecule has 0 bridgehead atoms. The zero-order valence-corrected chi connectivity index (χ0v) is 23.2. The number of halogens is 1. The van der Waals surface area contributed by atoms with E-state index in [-0.39, 0.29) is 10.6 Å². The number of para-hydroxylation sites is 3. The lowest BCUT2D eigenvalue weighted by molar-refractivity contribution is -0.114. The minimum atomic E-state index is -4.13. The van der Waals surface area contributed by atoms with Crippen LogP contribution in [-0.2, 0) is 21.4 Å². The van der Waals surface area contributed by atoms with Gasteiger partial charge in [0.2, 0.25) is 5.91 Å². The first kappa shape index (κ1) is 26.6. The summed E-state index contributed by atoms with van der Waals surface area (Å²) in [5, 5.41) is 5.40. The standard InChI is InChI=1S/C30H28ClN3O4S/c1-3-33-26-10-6-5-9-24(26)25-19-22(15-18-27(25)33)32-30(35)20-34(28-11-7-8-12-29(28)38-4-2)39(36,37)23-16-13-21(31)14-17-23/h5-19H,3-4,20H2,1-2H3,(H,32,35). The minimum Gasteiger partial charge on any atom is -0.492 e. The van der Waals surface area contributed by atoms with E-state index in [1.807, 2.05) is 37.3 Å². The Balaban J connectivity index is 1.51. The molecule has 0 aliphatic carbocycles. The van der Waals surface area contributed by atoms with Crippen LogP contribution in [0.4, 0.5) is 11.4 Å². The predicted octanol–water partition coefficient (Wildman–Crippen LogP) is 6.70. The Hall–Kier alpha value is -4.01. The fourth-order valence-corrected chi connectivity index (χ4v) is 6.33. The summed E-state index contributed by atoms with van der Waals surface area (Å²) in [5.74, 6) is -0.128. The Morgan fingerprint density at radius 1 is 0.897 bits per heavy atom. The Morgan fingerprint density at radius 3 is 2.33 bits per heavy atom. The molecule has 1 aromatic heterocycles. The molecule has 0 radical (unpaired) electrons. The summed E-state index contributed by atoms with van der Waals surface area (Å²) in [6.45, 7) is 4.60. The highest BCUT2D eigenvalue weighted by Crippen LogP contribution is 2.34. The van der Waals surface area contributed by atoms with E-state index < -0.39 is 22.5 Å². The van der Waals surface area contributed by atoms with Crippen LogP contribution in [0, 0.1) is 0 Å². The number of carbonyl (C=O) groups excluding carboxylic acids is 1. The minimum absolute atomic E-state index is 0.0137.